The summed E-state index contributed by atoms with van der Waals surface area (Å²) in [6.45, 7) is 5.93. The average molecular weight is 415 g/mol. The van der Waals surface area contributed by atoms with Crippen molar-refractivity contribution in [3.05, 3.63) is 45.8 Å². The van der Waals surface area contributed by atoms with Crippen molar-refractivity contribution in [2.75, 3.05) is 10.6 Å². The van der Waals surface area contributed by atoms with E-state index in [0.29, 0.717) is 12.2 Å². The molecule has 2 amide bonds. The van der Waals surface area contributed by atoms with Crippen molar-refractivity contribution in [1.82, 2.24) is 29.3 Å². The maximum Gasteiger partial charge on any atom is 0.320 e. The Bertz CT molecular complexity index is 1120. The zero-order chi connectivity index (χ0) is 22.0. The van der Waals surface area contributed by atoms with Crippen LogP contribution in [0.15, 0.2) is 18.6 Å². The minimum atomic E-state index is -0.761. The second-order valence-corrected chi connectivity index (χ2v) is 6.35. The first-order chi connectivity index (χ1) is 14.3. The number of anilines is 2. The van der Waals surface area contributed by atoms with E-state index in [0.717, 1.165) is 11.9 Å². The van der Waals surface area contributed by atoms with Crippen molar-refractivity contribution >= 4 is 28.9 Å². The Morgan fingerprint density at radius 3 is 2.07 bits per heavy atom. The molecule has 0 aromatic carbocycles. The molecular weight excluding hydrogens is 394 g/mol. The summed E-state index contributed by atoms with van der Waals surface area (Å²) in [5.74, 6) is -1.26. The second-order valence-electron chi connectivity index (χ2n) is 6.35. The predicted octanol–water partition coefficient (Wildman–Crippen LogP) is 1.57. The molecule has 30 heavy (non-hydrogen) atoms. The summed E-state index contributed by atoms with van der Waals surface area (Å²) in [4.78, 5) is 36.3. The molecule has 13 heteroatoms. The van der Waals surface area contributed by atoms with E-state index in [1.807, 2.05) is 0 Å². The van der Waals surface area contributed by atoms with Gasteiger partial charge in [-0.2, -0.15) is 15.3 Å². The van der Waals surface area contributed by atoms with Gasteiger partial charge in [0.15, 0.2) is 0 Å². The molecule has 0 radical (unpaired) electrons. The van der Waals surface area contributed by atoms with Crippen molar-refractivity contribution < 1.29 is 14.5 Å². The van der Waals surface area contributed by atoms with E-state index in [9.17, 15) is 19.7 Å². The lowest BCUT2D eigenvalue weighted by Gasteiger charge is -2.10. The number of carbonyl (C=O) groups is 2. The number of aromatic nitrogens is 6. The number of aryl methyl sites for hydroxylation is 3. The molecule has 0 aliphatic carbocycles. The lowest BCUT2D eigenvalue weighted by Crippen LogP contribution is -2.23. The fourth-order valence-electron chi connectivity index (χ4n) is 2.92. The Balaban J connectivity index is 1.93. The van der Waals surface area contributed by atoms with Gasteiger partial charge in [-0.15, -0.1) is 0 Å². The van der Waals surface area contributed by atoms with Crippen LogP contribution in [0.2, 0.25) is 0 Å². The molecule has 0 saturated heterocycles. The molecule has 2 N–H and O–H groups in total. The summed E-state index contributed by atoms with van der Waals surface area (Å²) in [7, 11) is 1.75. The van der Waals surface area contributed by atoms with Gasteiger partial charge in [-0.25, -0.2) is 0 Å². The predicted molar refractivity (Wildman–Crippen MR) is 106 cm³/mol. The van der Waals surface area contributed by atoms with E-state index in [4.69, 9.17) is 0 Å². The number of hydrogen-bond acceptors (Lipinski definition) is 7. The van der Waals surface area contributed by atoms with Crippen LogP contribution in [0, 0.1) is 17.0 Å². The molecule has 0 aliphatic heterocycles. The van der Waals surface area contributed by atoms with Crippen LogP contribution in [0.5, 0.6) is 0 Å². The van der Waals surface area contributed by atoms with E-state index in [1.54, 1.807) is 32.5 Å². The molecule has 0 aliphatic rings. The van der Waals surface area contributed by atoms with E-state index in [2.05, 4.69) is 25.9 Å². The molecule has 3 rings (SSSR count). The number of hydrogen-bond donors (Lipinski definition) is 2. The quantitative estimate of drug-likeness (QED) is 0.438. The van der Waals surface area contributed by atoms with E-state index < -0.39 is 22.4 Å². The molecule has 0 spiro atoms. The standard InChI is InChI=1S/C17H21N9O4/c1-5-24-14(16(27)21-11-7-18-23(4)10(11)3)12(8-19-24)22-17(28)15-13(26(29)30)9-20-25(15)6-2/h7-9H,5-6H2,1-4H3,(H,21,27)(H,22,28). The van der Waals surface area contributed by atoms with Crippen molar-refractivity contribution in [2.24, 2.45) is 7.05 Å². The van der Waals surface area contributed by atoms with Crippen LogP contribution in [0.25, 0.3) is 0 Å². The first-order valence-electron chi connectivity index (χ1n) is 9.15. The highest BCUT2D eigenvalue weighted by Crippen LogP contribution is 2.23. The molecule has 0 saturated carbocycles. The molecule has 0 fully saturated rings. The van der Waals surface area contributed by atoms with Crippen molar-refractivity contribution in [3.63, 3.8) is 0 Å². The number of nitro groups is 1. The third-order valence-corrected chi connectivity index (χ3v) is 4.62. The highest BCUT2D eigenvalue weighted by Gasteiger charge is 2.28. The van der Waals surface area contributed by atoms with Crippen LogP contribution in [0.1, 0.15) is 40.5 Å². The first-order valence-corrected chi connectivity index (χ1v) is 9.15. The summed E-state index contributed by atoms with van der Waals surface area (Å²) in [6, 6.07) is 0. The number of nitrogens with zero attached hydrogens (tertiary/aromatic N) is 7. The van der Waals surface area contributed by atoms with Crippen LogP contribution >= 0.6 is 0 Å². The van der Waals surface area contributed by atoms with Crippen LogP contribution in [0.3, 0.4) is 0 Å². The zero-order valence-electron chi connectivity index (χ0n) is 16.9. The third kappa shape index (κ3) is 3.64. The summed E-state index contributed by atoms with van der Waals surface area (Å²) in [5.41, 5.74) is 0.871. The minimum absolute atomic E-state index is 0.110. The van der Waals surface area contributed by atoms with Gasteiger partial charge in [-0.05, 0) is 20.8 Å². The van der Waals surface area contributed by atoms with Crippen molar-refractivity contribution in [1.29, 1.82) is 0 Å². The van der Waals surface area contributed by atoms with Gasteiger partial charge < -0.3 is 10.6 Å². The fourth-order valence-corrected chi connectivity index (χ4v) is 2.92. The van der Waals surface area contributed by atoms with Gasteiger partial charge in [0.2, 0.25) is 5.69 Å². The van der Waals surface area contributed by atoms with Crippen molar-refractivity contribution in [2.45, 2.75) is 33.9 Å². The zero-order valence-corrected chi connectivity index (χ0v) is 16.9. The van der Waals surface area contributed by atoms with Gasteiger partial charge in [0.1, 0.15) is 11.9 Å². The fraction of sp³-hybridized carbons (Fsp3) is 0.353. The number of nitrogens with one attached hydrogen (secondary N) is 2. The van der Waals surface area contributed by atoms with Crippen LogP contribution in [-0.4, -0.2) is 46.1 Å². The number of carbonyl (C=O) groups excluding carboxylic acids is 2. The summed E-state index contributed by atoms with van der Waals surface area (Å²) in [6.07, 6.45) is 3.86. The SMILES string of the molecule is CCn1ncc(NC(=O)c2c([N+](=O)[O-])cnn2CC)c1C(=O)Nc1cnn(C)c1C. The summed E-state index contributed by atoms with van der Waals surface area (Å²) in [5, 5.41) is 28.6. The molecule has 13 nitrogen and oxygen atoms in total. The monoisotopic (exact) mass is 415 g/mol. The topological polar surface area (TPSA) is 155 Å². The molecule has 0 unspecified atom stereocenters. The molecule has 3 aromatic heterocycles. The molecule has 0 bridgehead atoms. The number of rotatable bonds is 7. The van der Waals surface area contributed by atoms with E-state index >= 15 is 0 Å². The minimum Gasteiger partial charge on any atom is -0.318 e. The normalized spacial score (nSPS) is 10.8. The average Bonchev–Trinajstić information content (AvgIpc) is 3.40. The molecule has 0 atom stereocenters. The molecule has 158 valence electrons. The van der Waals surface area contributed by atoms with Gasteiger partial charge in [0.05, 0.1) is 34.4 Å². The largest absolute Gasteiger partial charge is 0.320 e. The lowest BCUT2D eigenvalue weighted by molar-refractivity contribution is -0.385. The van der Waals surface area contributed by atoms with E-state index in [-0.39, 0.29) is 23.6 Å². The van der Waals surface area contributed by atoms with Gasteiger partial charge in [-0.3, -0.25) is 33.7 Å². The van der Waals surface area contributed by atoms with Gasteiger partial charge in [0, 0.05) is 20.1 Å². The first kappa shape index (κ1) is 20.7. The van der Waals surface area contributed by atoms with Gasteiger partial charge >= 0.3 is 5.69 Å². The molecular formula is C17H21N9O4. The van der Waals surface area contributed by atoms with E-state index in [1.165, 1.54) is 21.8 Å². The van der Waals surface area contributed by atoms with Crippen LogP contribution < -0.4 is 10.6 Å². The summed E-state index contributed by atoms with van der Waals surface area (Å²) < 4.78 is 4.25. The maximum absolute atomic E-state index is 12.9. The number of amides is 2. The van der Waals surface area contributed by atoms with Gasteiger partial charge in [-0.1, -0.05) is 0 Å². The highest BCUT2D eigenvalue weighted by atomic mass is 16.6. The Kier molecular flexibility index (Phi) is 5.62. The van der Waals surface area contributed by atoms with Crippen LogP contribution in [-0.2, 0) is 20.1 Å². The molecule has 3 heterocycles. The third-order valence-electron chi connectivity index (χ3n) is 4.62. The second kappa shape index (κ2) is 8.14. The van der Waals surface area contributed by atoms with Crippen LogP contribution in [0.4, 0.5) is 17.1 Å². The Morgan fingerprint density at radius 1 is 0.967 bits per heavy atom. The van der Waals surface area contributed by atoms with Crippen molar-refractivity contribution in [3.8, 4) is 0 Å². The Morgan fingerprint density at radius 2 is 1.50 bits per heavy atom. The Hall–Kier alpha value is -4.03. The highest BCUT2D eigenvalue weighted by molar-refractivity contribution is 6.12. The summed E-state index contributed by atoms with van der Waals surface area (Å²) >= 11 is 0. The lowest BCUT2D eigenvalue weighted by atomic mass is 10.2. The Labute approximate surface area is 170 Å². The maximum atomic E-state index is 12.9. The smallest absolute Gasteiger partial charge is 0.318 e. The molecule has 3 aromatic rings. The van der Waals surface area contributed by atoms with Gasteiger partial charge in [0.25, 0.3) is 11.8 Å².